The predicted molar refractivity (Wildman–Crippen MR) is 56.3 cm³/mol. The minimum absolute atomic E-state index is 0.745. The molecule has 1 N–H and O–H groups in total. The third-order valence-electron chi connectivity index (χ3n) is 2.82. The molecule has 0 radical (unpaired) electrons. The molecule has 3 rings (SSSR count). The van der Waals surface area contributed by atoms with E-state index in [1.54, 1.807) is 0 Å². The van der Waals surface area contributed by atoms with E-state index in [0.717, 1.165) is 56.6 Å². The van der Waals surface area contributed by atoms with Crippen LogP contribution < -0.4 is 15.0 Å². The number of piperazine rings is 1. The van der Waals surface area contributed by atoms with Crippen LogP contribution in [0.15, 0.2) is 6.20 Å². The molecule has 3 heterocycles. The average molecular weight is 206 g/mol. The zero-order valence-electron chi connectivity index (χ0n) is 8.57. The van der Waals surface area contributed by atoms with Crippen LogP contribution in [0.2, 0.25) is 0 Å². The summed E-state index contributed by atoms with van der Waals surface area (Å²) < 4.78 is 5.44. The van der Waals surface area contributed by atoms with Crippen molar-refractivity contribution >= 4 is 5.95 Å². The lowest BCUT2D eigenvalue weighted by atomic mass is 10.3. The Morgan fingerprint density at radius 2 is 2.20 bits per heavy atom. The molecule has 0 spiro atoms. The summed E-state index contributed by atoms with van der Waals surface area (Å²) in [5.41, 5.74) is 1.13. The van der Waals surface area contributed by atoms with E-state index in [9.17, 15) is 0 Å². The number of hydrogen-bond donors (Lipinski definition) is 1. The fourth-order valence-electron chi connectivity index (χ4n) is 1.95. The standard InChI is InChI=1S/C10H14N4O/c1-6-15-9-8(1)7-12-10(13-9)14-4-2-11-3-5-14/h7,11H,1-6H2. The molecule has 0 aliphatic carbocycles. The molecule has 0 atom stereocenters. The van der Waals surface area contributed by atoms with Crippen molar-refractivity contribution in [3.05, 3.63) is 11.8 Å². The minimum Gasteiger partial charge on any atom is -0.477 e. The van der Waals surface area contributed by atoms with Crippen LogP contribution in [0.3, 0.4) is 0 Å². The molecule has 0 bridgehead atoms. The van der Waals surface area contributed by atoms with Gasteiger partial charge in [-0.1, -0.05) is 0 Å². The first-order valence-electron chi connectivity index (χ1n) is 5.38. The number of nitrogens with zero attached hydrogens (tertiary/aromatic N) is 3. The van der Waals surface area contributed by atoms with Crippen LogP contribution in [-0.2, 0) is 6.42 Å². The molecule has 0 aromatic carbocycles. The fraction of sp³-hybridized carbons (Fsp3) is 0.600. The van der Waals surface area contributed by atoms with Crippen molar-refractivity contribution < 1.29 is 4.74 Å². The molecule has 15 heavy (non-hydrogen) atoms. The van der Waals surface area contributed by atoms with Gasteiger partial charge in [0.2, 0.25) is 11.8 Å². The number of nitrogens with one attached hydrogen (secondary N) is 1. The van der Waals surface area contributed by atoms with E-state index >= 15 is 0 Å². The van der Waals surface area contributed by atoms with Gasteiger partial charge in [-0.25, -0.2) is 4.98 Å². The average Bonchev–Trinajstić information content (AvgIpc) is 2.77. The van der Waals surface area contributed by atoms with Crippen molar-refractivity contribution in [2.45, 2.75) is 6.42 Å². The van der Waals surface area contributed by atoms with Gasteiger partial charge in [0.25, 0.3) is 0 Å². The Morgan fingerprint density at radius 1 is 1.33 bits per heavy atom. The minimum atomic E-state index is 0.745. The van der Waals surface area contributed by atoms with Gasteiger partial charge < -0.3 is 15.0 Å². The summed E-state index contributed by atoms with van der Waals surface area (Å²) in [6.07, 6.45) is 2.84. The smallest absolute Gasteiger partial charge is 0.228 e. The molecule has 1 aromatic rings. The van der Waals surface area contributed by atoms with Crippen LogP contribution in [0.5, 0.6) is 5.88 Å². The number of hydrogen-bond acceptors (Lipinski definition) is 5. The van der Waals surface area contributed by atoms with Crippen LogP contribution in [0.25, 0.3) is 0 Å². The second-order valence-electron chi connectivity index (χ2n) is 3.84. The van der Waals surface area contributed by atoms with E-state index in [4.69, 9.17) is 4.74 Å². The first kappa shape index (κ1) is 8.91. The maximum absolute atomic E-state index is 5.44. The third-order valence-corrected chi connectivity index (χ3v) is 2.82. The molecule has 2 aliphatic rings. The molecular formula is C10H14N4O. The van der Waals surface area contributed by atoms with E-state index in [0.29, 0.717) is 0 Å². The molecular weight excluding hydrogens is 192 g/mol. The Labute approximate surface area is 88.5 Å². The highest BCUT2D eigenvalue weighted by Crippen LogP contribution is 2.23. The van der Waals surface area contributed by atoms with Crippen molar-refractivity contribution in [2.75, 3.05) is 37.7 Å². The third kappa shape index (κ3) is 1.63. The molecule has 0 amide bonds. The summed E-state index contributed by atoms with van der Waals surface area (Å²) in [5, 5.41) is 3.31. The quantitative estimate of drug-likeness (QED) is 0.691. The van der Waals surface area contributed by atoms with Gasteiger partial charge in [-0.3, -0.25) is 0 Å². The maximum Gasteiger partial charge on any atom is 0.228 e. The zero-order valence-corrected chi connectivity index (χ0v) is 8.57. The number of rotatable bonds is 1. The van der Waals surface area contributed by atoms with Crippen molar-refractivity contribution in [1.29, 1.82) is 0 Å². The van der Waals surface area contributed by atoms with Crippen LogP contribution in [0.4, 0.5) is 5.95 Å². The fourth-order valence-corrected chi connectivity index (χ4v) is 1.95. The molecule has 1 saturated heterocycles. The summed E-state index contributed by atoms with van der Waals surface area (Å²) >= 11 is 0. The van der Waals surface area contributed by atoms with Gasteiger partial charge in [0.05, 0.1) is 6.61 Å². The van der Waals surface area contributed by atoms with Crippen LogP contribution in [0.1, 0.15) is 5.56 Å². The van der Waals surface area contributed by atoms with E-state index < -0.39 is 0 Å². The maximum atomic E-state index is 5.44. The van der Waals surface area contributed by atoms with E-state index in [1.165, 1.54) is 0 Å². The molecule has 1 aromatic heterocycles. The Balaban J connectivity index is 1.85. The first-order chi connectivity index (χ1) is 7.43. The van der Waals surface area contributed by atoms with Gasteiger partial charge in [0.1, 0.15) is 0 Å². The second-order valence-corrected chi connectivity index (χ2v) is 3.84. The second kappa shape index (κ2) is 3.66. The normalized spacial score (nSPS) is 19.9. The predicted octanol–water partition coefficient (Wildman–Crippen LogP) is -0.179. The van der Waals surface area contributed by atoms with Gasteiger partial charge >= 0.3 is 0 Å². The van der Waals surface area contributed by atoms with Gasteiger partial charge in [-0.05, 0) is 0 Å². The van der Waals surface area contributed by atoms with Gasteiger partial charge in [0.15, 0.2) is 0 Å². The number of aromatic nitrogens is 2. The van der Waals surface area contributed by atoms with Crippen LogP contribution >= 0.6 is 0 Å². The number of fused-ring (bicyclic) bond motifs is 1. The Kier molecular flexibility index (Phi) is 2.17. The highest BCUT2D eigenvalue weighted by atomic mass is 16.5. The highest BCUT2D eigenvalue weighted by molar-refractivity contribution is 5.38. The lowest BCUT2D eigenvalue weighted by Gasteiger charge is -2.27. The summed E-state index contributed by atoms with van der Waals surface area (Å²) in [6, 6.07) is 0. The highest BCUT2D eigenvalue weighted by Gasteiger charge is 2.18. The van der Waals surface area contributed by atoms with E-state index in [2.05, 4.69) is 20.2 Å². The summed E-state index contributed by atoms with van der Waals surface area (Å²) in [4.78, 5) is 11.0. The molecule has 5 nitrogen and oxygen atoms in total. The number of ether oxygens (including phenoxy) is 1. The topological polar surface area (TPSA) is 50.3 Å². The molecule has 2 aliphatic heterocycles. The van der Waals surface area contributed by atoms with Gasteiger partial charge in [0, 0.05) is 44.4 Å². The summed E-state index contributed by atoms with van der Waals surface area (Å²) in [6.45, 7) is 4.69. The Bertz CT molecular complexity index is 362. The van der Waals surface area contributed by atoms with Gasteiger partial charge in [-0.15, -0.1) is 0 Å². The Hall–Kier alpha value is -1.36. The van der Waals surface area contributed by atoms with E-state index in [-0.39, 0.29) is 0 Å². The van der Waals surface area contributed by atoms with Crippen molar-refractivity contribution in [1.82, 2.24) is 15.3 Å². The largest absolute Gasteiger partial charge is 0.477 e. The van der Waals surface area contributed by atoms with E-state index in [1.807, 2.05) is 6.20 Å². The van der Waals surface area contributed by atoms with Crippen molar-refractivity contribution in [3.8, 4) is 5.88 Å². The van der Waals surface area contributed by atoms with Gasteiger partial charge in [-0.2, -0.15) is 4.98 Å². The molecule has 0 saturated carbocycles. The first-order valence-corrected chi connectivity index (χ1v) is 5.38. The number of anilines is 1. The molecule has 0 unspecified atom stereocenters. The monoisotopic (exact) mass is 206 g/mol. The molecule has 80 valence electrons. The SMILES string of the molecule is c1nc(N2CCNCC2)nc2c1CCO2. The van der Waals surface area contributed by atoms with Crippen LogP contribution in [0, 0.1) is 0 Å². The lowest BCUT2D eigenvalue weighted by Crippen LogP contribution is -2.44. The zero-order chi connectivity index (χ0) is 10.1. The van der Waals surface area contributed by atoms with Crippen LogP contribution in [-0.4, -0.2) is 42.8 Å². The van der Waals surface area contributed by atoms with Crippen molar-refractivity contribution in [3.63, 3.8) is 0 Å². The Morgan fingerprint density at radius 3 is 3.07 bits per heavy atom. The molecule has 5 heteroatoms. The molecule has 1 fully saturated rings. The summed E-state index contributed by atoms with van der Waals surface area (Å²) in [7, 11) is 0. The van der Waals surface area contributed by atoms with Crippen molar-refractivity contribution in [2.24, 2.45) is 0 Å². The summed E-state index contributed by atoms with van der Waals surface area (Å²) in [5.74, 6) is 1.58. The lowest BCUT2D eigenvalue weighted by molar-refractivity contribution is 0.344.